The van der Waals surface area contributed by atoms with Crippen LogP contribution in [0.5, 0.6) is 5.88 Å². The van der Waals surface area contributed by atoms with Gasteiger partial charge in [0.25, 0.3) is 0 Å². The van der Waals surface area contributed by atoms with E-state index in [1.807, 2.05) is 32.0 Å². The molecular weight excluding hydrogens is 290 g/mol. The number of hydrogen-bond acceptors (Lipinski definition) is 5. The monoisotopic (exact) mass is 313 g/mol. The molecule has 122 valence electrons. The van der Waals surface area contributed by atoms with Crippen LogP contribution in [0.25, 0.3) is 0 Å². The van der Waals surface area contributed by atoms with Crippen molar-refractivity contribution in [1.82, 2.24) is 9.97 Å². The molecule has 2 aromatic rings. The summed E-state index contributed by atoms with van der Waals surface area (Å²) in [6.45, 7) is 8.27. The maximum atomic E-state index is 6.08. The van der Waals surface area contributed by atoms with Crippen LogP contribution in [0, 0.1) is 0 Å². The molecule has 1 aliphatic heterocycles. The molecule has 1 aliphatic rings. The van der Waals surface area contributed by atoms with Gasteiger partial charge in [-0.15, -0.1) is 0 Å². The summed E-state index contributed by atoms with van der Waals surface area (Å²) in [6, 6.07) is 10.3. The summed E-state index contributed by atoms with van der Waals surface area (Å²) in [6.07, 6.45) is 3.52. The number of benzene rings is 1. The van der Waals surface area contributed by atoms with E-state index in [9.17, 15) is 0 Å². The van der Waals surface area contributed by atoms with E-state index >= 15 is 0 Å². The van der Waals surface area contributed by atoms with Crippen molar-refractivity contribution >= 4 is 5.82 Å². The van der Waals surface area contributed by atoms with Gasteiger partial charge in [-0.2, -0.15) is 4.98 Å². The Balaban J connectivity index is 1.81. The van der Waals surface area contributed by atoms with Crippen LogP contribution in [0.15, 0.2) is 42.7 Å². The van der Waals surface area contributed by atoms with Gasteiger partial charge in [-0.3, -0.25) is 4.98 Å². The summed E-state index contributed by atoms with van der Waals surface area (Å²) in [7, 11) is 0. The van der Waals surface area contributed by atoms with Crippen LogP contribution < -0.4 is 9.64 Å². The second-order valence-electron chi connectivity index (χ2n) is 6.25. The fourth-order valence-corrected chi connectivity index (χ4v) is 2.82. The average Bonchev–Trinajstić information content (AvgIpc) is 2.55. The maximum absolute atomic E-state index is 6.08. The highest BCUT2D eigenvalue weighted by atomic mass is 16.5. The fourth-order valence-electron chi connectivity index (χ4n) is 2.82. The van der Waals surface area contributed by atoms with Gasteiger partial charge in [-0.05, 0) is 26.3 Å². The lowest BCUT2D eigenvalue weighted by molar-refractivity contribution is -0.0468. The Morgan fingerprint density at radius 2 is 2.00 bits per heavy atom. The minimum Gasteiger partial charge on any atom is -0.474 e. The number of morpholine rings is 1. The molecule has 0 spiro atoms. The molecule has 1 atom stereocenters. The van der Waals surface area contributed by atoms with Gasteiger partial charge in [0.15, 0.2) is 5.82 Å². The average molecular weight is 313 g/mol. The summed E-state index contributed by atoms with van der Waals surface area (Å²) < 4.78 is 11.7. The predicted octanol–water partition coefficient (Wildman–Crippen LogP) is 3.02. The summed E-state index contributed by atoms with van der Waals surface area (Å²) >= 11 is 0. The molecule has 1 unspecified atom stereocenters. The van der Waals surface area contributed by atoms with E-state index in [2.05, 4.69) is 33.9 Å². The number of rotatable bonds is 4. The number of ether oxygens (including phenoxy) is 2. The molecule has 0 amide bonds. The lowest BCUT2D eigenvalue weighted by atomic mass is 9.94. The van der Waals surface area contributed by atoms with Crippen molar-refractivity contribution in [3.8, 4) is 5.88 Å². The maximum Gasteiger partial charge on any atom is 0.234 e. The Kier molecular flexibility index (Phi) is 4.48. The Hall–Kier alpha value is -2.14. The van der Waals surface area contributed by atoms with Crippen molar-refractivity contribution in [1.29, 1.82) is 0 Å². The summed E-state index contributed by atoms with van der Waals surface area (Å²) in [5.74, 6) is 1.39. The van der Waals surface area contributed by atoms with Crippen LogP contribution in [-0.2, 0) is 10.3 Å². The molecule has 0 bridgehead atoms. The highest BCUT2D eigenvalue weighted by Gasteiger charge is 2.34. The third-order valence-corrected chi connectivity index (χ3v) is 3.94. The largest absolute Gasteiger partial charge is 0.474 e. The first-order chi connectivity index (χ1) is 11.1. The summed E-state index contributed by atoms with van der Waals surface area (Å²) in [4.78, 5) is 11.0. The molecule has 1 saturated heterocycles. The smallest absolute Gasteiger partial charge is 0.234 e. The first-order valence-electron chi connectivity index (χ1n) is 8.00. The topological polar surface area (TPSA) is 47.5 Å². The minimum atomic E-state index is -0.351. The molecule has 2 heterocycles. The van der Waals surface area contributed by atoms with Crippen LogP contribution >= 0.6 is 0 Å². The molecule has 0 radical (unpaired) electrons. The van der Waals surface area contributed by atoms with Crippen molar-refractivity contribution in [3.63, 3.8) is 0 Å². The van der Waals surface area contributed by atoms with E-state index in [1.54, 1.807) is 12.4 Å². The number of nitrogens with zero attached hydrogens (tertiary/aromatic N) is 3. The molecule has 1 aromatic heterocycles. The van der Waals surface area contributed by atoms with Crippen LogP contribution in [0.1, 0.15) is 26.3 Å². The highest BCUT2D eigenvalue weighted by molar-refractivity contribution is 5.40. The molecule has 5 heteroatoms. The zero-order valence-corrected chi connectivity index (χ0v) is 13.9. The number of hydrogen-bond donors (Lipinski definition) is 0. The van der Waals surface area contributed by atoms with E-state index in [0.29, 0.717) is 12.5 Å². The van der Waals surface area contributed by atoms with E-state index in [0.717, 1.165) is 18.9 Å². The van der Waals surface area contributed by atoms with Crippen molar-refractivity contribution in [2.24, 2.45) is 0 Å². The van der Waals surface area contributed by atoms with Crippen molar-refractivity contribution < 1.29 is 9.47 Å². The van der Waals surface area contributed by atoms with Gasteiger partial charge in [0.2, 0.25) is 5.88 Å². The molecule has 0 N–H and O–H groups in total. The third kappa shape index (κ3) is 3.62. The zero-order chi connectivity index (χ0) is 16.3. The molecule has 23 heavy (non-hydrogen) atoms. The van der Waals surface area contributed by atoms with E-state index < -0.39 is 0 Å². The summed E-state index contributed by atoms with van der Waals surface area (Å²) in [5.41, 5.74) is 0.822. The lowest BCUT2D eigenvalue weighted by Crippen LogP contribution is -2.48. The Morgan fingerprint density at radius 3 is 2.74 bits per heavy atom. The van der Waals surface area contributed by atoms with Crippen LogP contribution in [0.2, 0.25) is 0 Å². The standard InChI is InChI=1S/C18H23N3O2/c1-14(2)23-17-12-19-11-16(20-17)21-9-10-22-18(3,13-21)15-7-5-4-6-8-15/h4-8,11-12,14H,9-10,13H2,1-3H3. The predicted molar refractivity (Wildman–Crippen MR) is 89.8 cm³/mol. The fraction of sp³-hybridized carbons (Fsp3) is 0.444. The molecule has 1 fully saturated rings. The van der Waals surface area contributed by atoms with Crippen molar-refractivity contribution in [3.05, 3.63) is 48.3 Å². The molecule has 0 saturated carbocycles. The van der Waals surface area contributed by atoms with Crippen LogP contribution in [-0.4, -0.2) is 35.8 Å². The second kappa shape index (κ2) is 6.54. The second-order valence-corrected chi connectivity index (χ2v) is 6.25. The minimum absolute atomic E-state index is 0.0822. The zero-order valence-electron chi connectivity index (χ0n) is 13.9. The van der Waals surface area contributed by atoms with Gasteiger partial charge in [0, 0.05) is 6.54 Å². The highest BCUT2D eigenvalue weighted by Crippen LogP contribution is 2.31. The van der Waals surface area contributed by atoms with Crippen molar-refractivity contribution in [2.75, 3.05) is 24.6 Å². The first kappa shape index (κ1) is 15.7. The van der Waals surface area contributed by atoms with Gasteiger partial charge in [0.05, 0.1) is 31.6 Å². The molecule has 5 nitrogen and oxygen atoms in total. The van der Waals surface area contributed by atoms with Crippen LogP contribution in [0.3, 0.4) is 0 Å². The number of anilines is 1. The third-order valence-electron chi connectivity index (χ3n) is 3.94. The number of aromatic nitrogens is 2. The van der Waals surface area contributed by atoms with Gasteiger partial charge in [-0.1, -0.05) is 30.3 Å². The van der Waals surface area contributed by atoms with Gasteiger partial charge < -0.3 is 14.4 Å². The van der Waals surface area contributed by atoms with Crippen molar-refractivity contribution in [2.45, 2.75) is 32.5 Å². The molecule has 0 aliphatic carbocycles. The van der Waals surface area contributed by atoms with E-state index in [4.69, 9.17) is 9.47 Å². The quantitative estimate of drug-likeness (QED) is 0.868. The van der Waals surface area contributed by atoms with Gasteiger partial charge >= 0.3 is 0 Å². The lowest BCUT2D eigenvalue weighted by Gasteiger charge is -2.41. The van der Waals surface area contributed by atoms with Gasteiger partial charge in [-0.25, -0.2) is 0 Å². The molecular formula is C18H23N3O2. The normalized spacial score (nSPS) is 21.5. The van der Waals surface area contributed by atoms with E-state index in [-0.39, 0.29) is 11.7 Å². The summed E-state index contributed by atoms with van der Waals surface area (Å²) in [5, 5.41) is 0. The Labute approximate surface area is 137 Å². The SMILES string of the molecule is CC(C)Oc1cncc(N2CCOC(C)(c3ccccc3)C2)n1. The van der Waals surface area contributed by atoms with E-state index in [1.165, 1.54) is 5.56 Å². The Bertz CT molecular complexity index is 648. The Morgan fingerprint density at radius 1 is 1.22 bits per heavy atom. The van der Waals surface area contributed by atoms with Crippen LogP contribution in [0.4, 0.5) is 5.82 Å². The first-order valence-corrected chi connectivity index (χ1v) is 8.00. The molecule has 3 rings (SSSR count). The molecule has 1 aromatic carbocycles. The van der Waals surface area contributed by atoms with Gasteiger partial charge in [0.1, 0.15) is 5.60 Å².